The molecule has 31 heavy (non-hydrogen) atoms. The van der Waals surface area contributed by atoms with Crippen LogP contribution in [0.1, 0.15) is 50.3 Å². The van der Waals surface area contributed by atoms with Crippen molar-refractivity contribution >= 4 is 16.7 Å². The maximum absolute atomic E-state index is 13.3. The van der Waals surface area contributed by atoms with E-state index in [0.717, 1.165) is 31.9 Å². The summed E-state index contributed by atoms with van der Waals surface area (Å²) in [6.45, 7) is 0. The third kappa shape index (κ3) is 4.78. The first-order valence-electron chi connectivity index (χ1n) is 10.6. The van der Waals surface area contributed by atoms with Gasteiger partial charge in [0.15, 0.2) is 5.78 Å². The molecule has 0 radical (unpaired) electrons. The number of fused-ring (bicyclic) bond motifs is 1. The van der Waals surface area contributed by atoms with E-state index in [-0.39, 0.29) is 17.8 Å². The molecular formula is C23H25FN4O3. The molecule has 0 saturated heterocycles. The van der Waals surface area contributed by atoms with Gasteiger partial charge in [-0.05, 0) is 24.5 Å². The number of Topliss-reactive ketones (excluding diaryl/α,β-unsaturated/α-hetero) is 1. The van der Waals surface area contributed by atoms with Crippen LogP contribution in [0.2, 0.25) is 0 Å². The van der Waals surface area contributed by atoms with Gasteiger partial charge in [0.1, 0.15) is 5.82 Å². The Labute approximate surface area is 179 Å². The summed E-state index contributed by atoms with van der Waals surface area (Å²) in [5, 5.41) is 0.357. The van der Waals surface area contributed by atoms with Gasteiger partial charge in [0, 0.05) is 11.8 Å². The molecule has 3 aromatic heterocycles. The number of methoxy groups -OCH3 is 1. The van der Waals surface area contributed by atoms with Crippen LogP contribution in [0.25, 0.3) is 10.9 Å². The molecule has 4 rings (SSSR count). The van der Waals surface area contributed by atoms with Crippen LogP contribution in [-0.4, -0.2) is 32.4 Å². The van der Waals surface area contributed by atoms with E-state index in [1.54, 1.807) is 6.07 Å². The Kier molecular flexibility index (Phi) is 6.34. The van der Waals surface area contributed by atoms with Gasteiger partial charge < -0.3 is 4.74 Å². The van der Waals surface area contributed by atoms with Gasteiger partial charge >= 0.3 is 0 Å². The average molecular weight is 424 g/mol. The Bertz CT molecular complexity index is 1120. The second-order valence-corrected chi connectivity index (χ2v) is 8.07. The van der Waals surface area contributed by atoms with Crippen LogP contribution in [0.15, 0.2) is 41.7 Å². The predicted octanol–water partition coefficient (Wildman–Crippen LogP) is 3.66. The first kappa shape index (κ1) is 21.1. The molecule has 0 aliphatic heterocycles. The zero-order valence-corrected chi connectivity index (χ0v) is 17.5. The van der Waals surface area contributed by atoms with Gasteiger partial charge in [-0.25, -0.2) is 14.4 Å². The number of halogens is 1. The number of carbonyl (C=O) groups is 1. The molecule has 0 spiro atoms. The van der Waals surface area contributed by atoms with Crippen molar-refractivity contribution in [1.82, 2.24) is 19.5 Å². The topological polar surface area (TPSA) is 87.0 Å². The lowest BCUT2D eigenvalue weighted by Gasteiger charge is -2.27. The number of hydrogen-bond donors (Lipinski definition) is 0. The number of rotatable bonds is 7. The molecule has 0 N–H and O–H groups in total. The smallest absolute Gasteiger partial charge is 0.262 e. The highest BCUT2D eigenvalue weighted by atomic mass is 19.1. The van der Waals surface area contributed by atoms with Gasteiger partial charge in [0.05, 0.1) is 49.2 Å². The highest BCUT2D eigenvalue weighted by Gasteiger charge is 2.27. The quantitative estimate of drug-likeness (QED) is 0.575. The molecular weight excluding hydrogens is 399 g/mol. The summed E-state index contributed by atoms with van der Waals surface area (Å²) in [4.78, 5) is 39.1. The first-order valence-corrected chi connectivity index (χ1v) is 10.6. The predicted molar refractivity (Wildman–Crippen MR) is 113 cm³/mol. The molecule has 0 bridgehead atoms. The standard InChI is InChI=1S/C23H25FN4O3/c1-31-22-11-18-19(13-26-22)27-14-28(23(18)30)20(9-15-5-3-2-4-6-15)21(29)10-17-8-7-16(24)12-25-17/h7-8,11-15,20H,2-6,9-10H2,1H3. The van der Waals surface area contributed by atoms with Crippen molar-refractivity contribution in [3.05, 3.63) is 58.8 Å². The van der Waals surface area contributed by atoms with Crippen LogP contribution in [-0.2, 0) is 11.2 Å². The number of hydrogen-bond acceptors (Lipinski definition) is 6. The lowest BCUT2D eigenvalue weighted by atomic mass is 9.83. The first-order chi connectivity index (χ1) is 15.0. The molecule has 3 heterocycles. The molecule has 0 aromatic carbocycles. The third-order valence-electron chi connectivity index (χ3n) is 5.99. The van der Waals surface area contributed by atoms with Crippen molar-refractivity contribution in [2.75, 3.05) is 7.11 Å². The molecule has 1 aliphatic rings. The number of ketones is 1. The Morgan fingerprint density at radius 2 is 2.00 bits per heavy atom. The summed E-state index contributed by atoms with van der Waals surface area (Å²) in [5.41, 5.74) is 0.630. The van der Waals surface area contributed by atoms with E-state index < -0.39 is 11.9 Å². The SMILES string of the molecule is COc1cc2c(=O)n(C(CC3CCCCC3)C(=O)Cc3ccc(F)cn3)cnc2cn1. The van der Waals surface area contributed by atoms with Crippen molar-refractivity contribution in [3.63, 3.8) is 0 Å². The van der Waals surface area contributed by atoms with Crippen molar-refractivity contribution in [2.24, 2.45) is 5.92 Å². The number of pyridine rings is 2. The number of nitrogens with zero attached hydrogens (tertiary/aromatic N) is 4. The summed E-state index contributed by atoms with van der Waals surface area (Å²) in [6, 6.07) is 3.68. The average Bonchev–Trinajstić information content (AvgIpc) is 2.80. The largest absolute Gasteiger partial charge is 0.481 e. The van der Waals surface area contributed by atoms with Crippen molar-refractivity contribution in [1.29, 1.82) is 0 Å². The highest BCUT2D eigenvalue weighted by molar-refractivity contribution is 5.85. The molecule has 7 nitrogen and oxygen atoms in total. The van der Waals surface area contributed by atoms with Gasteiger partial charge in [-0.1, -0.05) is 32.1 Å². The van der Waals surface area contributed by atoms with Crippen molar-refractivity contribution < 1.29 is 13.9 Å². The molecule has 162 valence electrons. The van der Waals surface area contributed by atoms with E-state index in [9.17, 15) is 14.0 Å². The van der Waals surface area contributed by atoms with E-state index in [1.165, 1.54) is 42.8 Å². The minimum absolute atomic E-state index is 0.0296. The number of carbonyl (C=O) groups excluding carboxylic acids is 1. The van der Waals surface area contributed by atoms with Gasteiger partial charge in [0.2, 0.25) is 5.88 Å². The van der Waals surface area contributed by atoms with Crippen LogP contribution in [0.3, 0.4) is 0 Å². The summed E-state index contributed by atoms with van der Waals surface area (Å²) < 4.78 is 19.8. The fourth-order valence-corrected chi connectivity index (χ4v) is 4.30. The molecule has 1 unspecified atom stereocenters. The lowest BCUT2D eigenvalue weighted by Crippen LogP contribution is -2.33. The number of ether oxygens (including phenoxy) is 1. The molecule has 1 atom stereocenters. The Balaban J connectivity index is 1.70. The molecule has 1 aliphatic carbocycles. The van der Waals surface area contributed by atoms with Gasteiger partial charge in [0.25, 0.3) is 5.56 Å². The Hall–Kier alpha value is -3.16. The normalized spacial score (nSPS) is 15.7. The van der Waals surface area contributed by atoms with Gasteiger partial charge in [-0.2, -0.15) is 0 Å². The molecule has 0 amide bonds. The Morgan fingerprint density at radius 1 is 1.19 bits per heavy atom. The second kappa shape index (κ2) is 9.32. The Morgan fingerprint density at radius 3 is 2.71 bits per heavy atom. The summed E-state index contributed by atoms with van der Waals surface area (Å²) in [7, 11) is 1.48. The van der Waals surface area contributed by atoms with Gasteiger partial charge in [-0.15, -0.1) is 0 Å². The maximum atomic E-state index is 13.3. The molecule has 3 aromatic rings. The lowest BCUT2D eigenvalue weighted by molar-refractivity contribution is -0.122. The van der Waals surface area contributed by atoms with Crippen LogP contribution in [0, 0.1) is 11.7 Å². The fourth-order valence-electron chi connectivity index (χ4n) is 4.30. The van der Waals surface area contributed by atoms with Crippen molar-refractivity contribution in [3.8, 4) is 5.88 Å². The monoisotopic (exact) mass is 424 g/mol. The minimum Gasteiger partial charge on any atom is -0.481 e. The molecule has 1 saturated carbocycles. The van der Waals surface area contributed by atoms with Crippen LogP contribution < -0.4 is 10.3 Å². The summed E-state index contributed by atoms with van der Waals surface area (Å²) in [5.74, 6) is 0.106. The maximum Gasteiger partial charge on any atom is 0.262 e. The van der Waals surface area contributed by atoms with Crippen LogP contribution >= 0.6 is 0 Å². The van der Waals surface area contributed by atoms with Gasteiger partial charge in [-0.3, -0.25) is 19.1 Å². The van der Waals surface area contributed by atoms with Crippen LogP contribution in [0.5, 0.6) is 5.88 Å². The molecule has 8 heteroatoms. The van der Waals surface area contributed by atoms with E-state index in [4.69, 9.17) is 4.74 Å². The van der Waals surface area contributed by atoms with E-state index >= 15 is 0 Å². The zero-order chi connectivity index (χ0) is 21.8. The number of aromatic nitrogens is 4. The molecule has 1 fully saturated rings. The summed E-state index contributed by atoms with van der Waals surface area (Å²) >= 11 is 0. The minimum atomic E-state index is -0.654. The fraction of sp³-hybridized carbons (Fsp3) is 0.435. The van der Waals surface area contributed by atoms with Crippen LogP contribution in [0.4, 0.5) is 4.39 Å². The second-order valence-electron chi connectivity index (χ2n) is 8.07. The zero-order valence-electron chi connectivity index (χ0n) is 17.5. The van der Waals surface area contributed by atoms with Crippen molar-refractivity contribution in [2.45, 2.75) is 51.0 Å². The van der Waals surface area contributed by atoms with E-state index in [1.807, 2.05) is 0 Å². The highest BCUT2D eigenvalue weighted by Crippen LogP contribution is 2.31. The van der Waals surface area contributed by atoms with E-state index in [2.05, 4.69) is 15.0 Å². The summed E-state index contributed by atoms with van der Waals surface area (Å²) in [6.07, 6.45) is 10.2. The van der Waals surface area contributed by atoms with E-state index in [0.29, 0.717) is 34.8 Å². The third-order valence-corrected chi connectivity index (χ3v) is 5.99.